The summed E-state index contributed by atoms with van der Waals surface area (Å²) in [5, 5.41) is 3.72. The Kier molecular flexibility index (Phi) is 3.29. The van der Waals surface area contributed by atoms with Crippen molar-refractivity contribution in [3.63, 3.8) is 0 Å². The summed E-state index contributed by atoms with van der Waals surface area (Å²) in [7, 11) is 0. The van der Waals surface area contributed by atoms with Crippen molar-refractivity contribution in [1.82, 2.24) is 5.32 Å². The van der Waals surface area contributed by atoms with Crippen molar-refractivity contribution in [3.8, 4) is 0 Å². The maximum atomic E-state index is 11.7. The van der Waals surface area contributed by atoms with E-state index in [9.17, 15) is 4.79 Å². The van der Waals surface area contributed by atoms with Crippen LogP contribution in [0.15, 0.2) is 34.7 Å². The first-order valence-corrected chi connectivity index (χ1v) is 5.99. The lowest BCUT2D eigenvalue weighted by Crippen LogP contribution is -2.27. The van der Waals surface area contributed by atoms with Crippen molar-refractivity contribution >= 4 is 32.8 Å². The largest absolute Gasteiger partial charge is 0.451 e. The lowest BCUT2D eigenvalue weighted by atomic mass is 10.2. The molecule has 1 aromatic carbocycles. The highest BCUT2D eigenvalue weighted by atomic mass is 79.9. The molecule has 1 heterocycles. The number of fused-ring (bicyclic) bond motifs is 1. The summed E-state index contributed by atoms with van der Waals surface area (Å²) >= 11 is 3.36. The minimum atomic E-state index is -0.178. The Balaban J connectivity index is 2.17. The van der Waals surface area contributed by atoms with Crippen LogP contribution in [0.2, 0.25) is 0 Å². The van der Waals surface area contributed by atoms with Gasteiger partial charge in [-0.2, -0.15) is 0 Å². The van der Waals surface area contributed by atoms with Crippen LogP contribution in [-0.2, 0) is 0 Å². The first kappa shape index (κ1) is 11.2. The summed E-state index contributed by atoms with van der Waals surface area (Å²) in [6, 6.07) is 9.32. The van der Waals surface area contributed by atoms with Gasteiger partial charge in [0.05, 0.1) is 0 Å². The van der Waals surface area contributed by atoms with Gasteiger partial charge < -0.3 is 9.73 Å². The number of nitrogens with one attached hydrogen (secondary N) is 1. The minimum absolute atomic E-state index is 0.178. The van der Waals surface area contributed by atoms with Crippen molar-refractivity contribution in [1.29, 1.82) is 0 Å². The summed E-state index contributed by atoms with van der Waals surface area (Å²) in [6.45, 7) is 2.55. The van der Waals surface area contributed by atoms with E-state index < -0.39 is 0 Å². The fraction of sp³-hybridized carbons (Fsp3) is 0.250. The Morgan fingerprint density at radius 2 is 2.25 bits per heavy atom. The second kappa shape index (κ2) is 4.70. The topological polar surface area (TPSA) is 42.2 Å². The summed E-state index contributed by atoms with van der Waals surface area (Å²) in [6.07, 6.45) is 0. The second-order valence-corrected chi connectivity index (χ2v) is 5.20. The number of furan rings is 1. The number of hydrogen-bond donors (Lipinski definition) is 1. The molecule has 0 spiro atoms. The number of carbonyl (C=O) groups is 1. The molecule has 0 fully saturated rings. The molecule has 0 saturated heterocycles. The molecule has 1 amide bonds. The molecule has 4 heteroatoms. The van der Waals surface area contributed by atoms with E-state index in [1.165, 1.54) is 0 Å². The number of rotatable bonds is 3. The summed E-state index contributed by atoms with van der Waals surface area (Å²) < 4.78 is 5.43. The Bertz CT molecular complexity index is 471. The summed E-state index contributed by atoms with van der Waals surface area (Å²) in [4.78, 5) is 11.9. The van der Waals surface area contributed by atoms with E-state index in [1.807, 2.05) is 31.2 Å². The number of carbonyl (C=O) groups excluding carboxylic acids is 1. The van der Waals surface area contributed by atoms with Crippen LogP contribution in [0.4, 0.5) is 0 Å². The molecular weight excluding hydrogens is 270 g/mol. The maximum Gasteiger partial charge on any atom is 0.287 e. The summed E-state index contributed by atoms with van der Waals surface area (Å²) in [5.41, 5.74) is 0.736. The third-order valence-corrected chi connectivity index (χ3v) is 2.52. The van der Waals surface area contributed by atoms with Crippen LogP contribution in [0.25, 0.3) is 11.0 Å². The van der Waals surface area contributed by atoms with Crippen LogP contribution >= 0.6 is 15.9 Å². The highest BCUT2D eigenvalue weighted by Crippen LogP contribution is 2.18. The molecule has 0 saturated carbocycles. The van der Waals surface area contributed by atoms with Gasteiger partial charge in [0.2, 0.25) is 0 Å². The third kappa shape index (κ3) is 2.44. The maximum absolute atomic E-state index is 11.7. The smallest absolute Gasteiger partial charge is 0.287 e. The highest BCUT2D eigenvalue weighted by Gasteiger charge is 2.11. The Labute approximate surface area is 102 Å². The van der Waals surface area contributed by atoms with Gasteiger partial charge in [0.25, 0.3) is 5.91 Å². The molecule has 1 atom stereocenters. The molecule has 0 radical (unpaired) electrons. The first-order valence-electron chi connectivity index (χ1n) is 5.07. The fourth-order valence-electron chi connectivity index (χ4n) is 1.41. The molecule has 1 N–H and O–H groups in total. The Morgan fingerprint density at radius 3 is 2.94 bits per heavy atom. The van der Waals surface area contributed by atoms with E-state index in [4.69, 9.17) is 4.42 Å². The molecular formula is C12H12BrNO2. The van der Waals surface area contributed by atoms with Gasteiger partial charge in [-0.15, -0.1) is 0 Å². The normalized spacial score (nSPS) is 12.6. The molecule has 0 bridgehead atoms. The van der Waals surface area contributed by atoms with Crippen LogP contribution in [-0.4, -0.2) is 17.3 Å². The van der Waals surface area contributed by atoms with Gasteiger partial charge in [0.1, 0.15) is 5.58 Å². The van der Waals surface area contributed by atoms with Crippen LogP contribution in [0, 0.1) is 0 Å². The molecule has 1 unspecified atom stereocenters. The Morgan fingerprint density at radius 1 is 1.50 bits per heavy atom. The van der Waals surface area contributed by atoms with Crippen molar-refractivity contribution < 1.29 is 9.21 Å². The monoisotopic (exact) mass is 281 g/mol. The van der Waals surface area contributed by atoms with Crippen LogP contribution in [0.5, 0.6) is 0 Å². The van der Waals surface area contributed by atoms with Crippen molar-refractivity contribution in [2.75, 3.05) is 6.54 Å². The molecule has 84 valence electrons. The van der Waals surface area contributed by atoms with Gasteiger partial charge in [-0.1, -0.05) is 41.1 Å². The SMILES string of the molecule is CC(Br)CNC(=O)c1cc2ccccc2o1. The molecule has 0 aliphatic carbocycles. The van der Waals surface area contributed by atoms with E-state index in [1.54, 1.807) is 6.07 Å². The molecule has 0 aliphatic rings. The second-order valence-electron chi connectivity index (χ2n) is 3.64. The predicted octanol–water partition coefficient (Wildman–Crippen LogP) is 2.95. The molecule has 16 heavy (non-hydrogen) atoms. The molecule has 1 aromatic heterocycles. The van der Waals surface area contributed by atoms with Gasteiger partial charge in [0, 0.05) is 16.8 Å². The lowest BCUT2D eigenvalue weighted by Gasteiger charge is -2.03. The quantitative estimate of drug-likeness (QED) is 0.879. The number of para-hydroxylation sites is 1. The van der Waals surface area contributed by atoms with E-state index in [2.05, 4.69) is 21.2 Å². The van der Waals surface area contributed by atoms with Gasteiger partial charge in [0.15, 0.2) is 5.76 Å². The van der Waals surface area contributed by atoms with Gasteiger partial charge in [-0.3, -0.25) is 4.79 Å². The highest BCUT2D eigenvalue weighted by molar-refractivity contribution is 9.09. The number of halogens is 1. The number of amides is 1. The Hall–Kier alpha value is -1.29. The molecule has 2 aromatic rings. The zero-order chi connectivity index (χ0) is 11.5. The zero-order valence-electron chi connectivity index (χ0n) is 8.87. The predicted molar refractivity (Wildman–Crippen MR) is 66.9 cm³/mol. The first-order chi connectivity index (χ1) is 7.66. The average molecular weight is 282 g/mol. The molecule has 0 aliphatic heterocycles. The van der Waals surface area contributed by atoms with Crippen LogP contribution in [0.1, 0.15) is 17.5 Å². The minimum Gasteiger partial charge on any atom is -0.451 e. The van der Waals surface area contributed by atoms with Gasteiger partial charge in [-0.25, -0.2) is 0 Å². The lowest BCUT2D eigenvalue weighted by molar-refractivity contribution is 0.0929. The standard InChI is InChI=1S/C12H12BrNO2/c1-8(13)7-14-12(15)11-6-9-4-2-3-5-10(9)16-11/h2-6,8H,7H2,1H3,(H,14,15). The number of hydrogen-bond acceptors (Lipinski definition) is 2. The average Bonchev–Trinajstić information content (AvgIpc) is 2.69. The zero-order valence-corrected chi connectivity index (χ0v) is 10.5. The molecule has 2 rings (SSSR count). The van der Waals surface area contributed by atoms with Crippen molar-refractivity contribution in [2.45, 2.75) is 11.8 Å². The third-order valence-electron chi connectivity index (χ3n) is 2.19. The van der Waals surface area contributed by atoms with E-state index >= 15 is 0 Å². The van der Waals surface area contributed by atoms with Crippen LogP contribution < -0.4 is 5.32 Å². The van der Waals surface area contributed by atoms with Crippen molar-refractivity contribution in [2.24, 2.45) is 0 Å². The van der Waals surface area contributed by atoms with Crippen LogP contribution in [0.3, 0.4) is 0 Å². The van der Waals surface area contributed by atoms with Gasteiger partial charge in [-0.05, 0) is 12.1 Å². The summed E-state index contributed by atoms with van der Waals surface area (Å²) in [5.74, 6) is 0.178. The van der Waals surface area contributed by atoms with E-state index in [0.29, 0.717) is 12.3 Å². The number of alkyl halides is 1. The van der Waals surface area contributed by atoms with E-state index in [0.717, 1.165) is 11.0 Å². The van der Waals surface area contributed by atoms with Gasteiger partial charge >= 0.3 is 0 Å². The van der Waals surface area contributed by atoms with Crippen molar-refractivity contribution in [3.05, 3.63) is 36.1 Å². The molecule has 3 nitrogen and oxygen atoms in total. The fourth-order valence-corrected chi connectivity index (χ4v) is 1.58. The van der Waals surface area contributed by atoms with E-state index in [-0.39, 0.29) is 10.7 Å². The number of benzene rings is 1.